The van der Waals surface area contributed by atoms with Crippen LogP contribution >= 0.6 is 11.6 Å². The first-order chi connectivity index (χ1) is 7.72. The molecule has 0 spiro atoms. The zero-order valence-electron chi connectivity index (χ0n) is 9.00. The van der Waals surface area contributed by atoms with Gasteiger partial charge >= 0.3 is 0 Å². The van der Waals surface area contributed by atoms with Crippen LogP contribution in [-0.4, -0.2) is 29.2 Å². The van der Waals surface area contributed by atoms with Gasteiger partial charge in [0, 0.05) is 19.1 Å². The van der Waals surface area contributed by atoms with Crippen LogP contribution in [0.25, 0.3) is 0 Å². The van der Waals surface area contributed by atoms with Crippen LogP contribution in [0.4, 0.5) is 4.39 Å². The predicted molar refractivity (Wildman–Crippen MR) is 61.9 cm³/mol. The quantitative estimate of drug-likeness (QED) is 0.859. The second-order valence-corrected chi connectivity index (χ2v) is 4.52. The molecular formula is C12H15ClFNO. The maximum Gasteiger partial charge on any atom is 0.142 e. The minimum Gasteiger partial charge on any atom is -0.395 e. The molecule has 1 fully saturated rings. The molecule has 2 rings (SSSR count). The molecule has 0 amide bonds. The van der Waals surface area contributed by atoms with Gasteiger partial charge in [-0.1, -0.05) is 23.7 Å². The zero-order chi connectivity index (χ0) is 11.5. The molecule has 4 heteroatoms. The van der Waals surface area contributed by atoms with Gasteiger partial charge < -0.3 is 5.11 Å². The lowest BCUT2D eigenvalue weighted by atomic mass is 10.2. The highest BCUT2D eigenvalue weighted by molar-refractivity contribution is 6.31. The number of rotatable bonds is 5. The Morgan fingerprint density at radius 2 is 2.19 bits per heavy atom. The molecule has 1 aliphatic carbocycles. The molecule has 0 saturated heterocycles. The van der Waals surface area contributed by atoms with E-state index in [1.165, 1.54) is 6.07 Å². The minimum atomic E-state index is -0.376. The van der Waals surface area contributed by atoms with Crippen molar-refractivity contribution >= 4 is 11.6 Å². The number of aliphatic hydroxyl groups excluding tert-OH is 1. The fourth-order valence-electron chi connectivity index (χ4n) is 1.85. The second-order valence-electron chi connectivity index (χ2n) is 4.14. The van der Waals surface area contributed by atoms with Crippen LogP contribution in [0.5, 0.6) is 0 Å². The molecule has 1 aromatic rings. The summed E-state index contributed by atoms with van der Waals surface area (Å²) < 4.78 is 13.2. The first kappa shape index (κ1) is 11.8. The molecule has 0 unspecified atom stereocenters. The summed E-state index contributed by atoms with van der Waals surface area (Å²) >= 11 is 5.90. The molecular weight excluding hydrogens is 229 g/mol. The van der Waals surface area contributed by atoms with E-state index < -0.39 is 0 Å². The van der Waals surface area contributed by atoms with E-state index in [1.54, 1.807) is 6.07 Å². The summed E-state index contributed by atoms with van der Waals surface area (Å²) in [6.07, 6.45) is 2.32. The molecule has 0 aliphatic heterocycles. The number of hydrogen-bond acceptors (Lipinski definition) is 2. The number of nitrogens with zero attached hydrogens (tertiary/aromatic N) is 1. The van der Waals surface area contributed by atoms with E-state index in [0.717, 1.165) is 18.4 Å². The molecule has 0 aromatic heterocycles. The van der Waals surface area contributed by atoms with Crippen molar-refractivity contribution in [3.05, 3.63) is 34.6 Å². The predicted octanol–water partition coefficient (Wildman–Crippen LogP) is 2.44. The standard InChI is InChI=1S/C12H15ClFNO/c13-12-9(2-1-3-11(12)14)8-15(6-7-16)10-4-5-10/h1-3,10,16H,4-8H2. The highest BCUT2D eigenvalue weighted by Crippen LogP contribution is 2.29. The summed E-state index contributed by atoms with van der Waals surface area (Å²) in [5.41, 5.74) is 0.794. The van der Waals surface area contributed by atoms with Crippen LogP contribution in [0, 0.1) is 5.82 Å². The number of aliphatic hydroxyl groups is 1. The molecule has 1 aliphatic rings. The van der Waals surface area contributed by atoms with Crippen molar-refractivity contribution in [2.24, 2.45) is 0 Å². The van der Waals surface area contributed by atoms with E-state index in [4.69, 9.17) is 16.7 Å². The van der Waals surface area contributed by atoms with Crippen molar-refractivity contribution in [3.63, 3.8) is 0 Å². The normalized spacial score (nSPS) is 15.8. The van der Waals surface area contributed by atoms with E-state index in [1.807, 2.05) is 6.07 Å². The third-order valence-corrected chi connectivity index (χ3v) is 3.28. The maximum atomic E-state index is 13.2. The van der Waals surface area contributed by atoms with Gasteiger partial charge in [-0.05, 0) is 24.5 Å². The van der Waals surface area contributed by atoms with Gasteiger partial charge in [-0.3, -0.25) is 4.90 Å². The second kappa shape index (κ2) is 5.13. The Labute approximate surface area is 99.6 Å². The Morgan fingerprint density at radius 3 is 2.81 bits per heavy atom. The fraction of sp³-hybridized carbons (Fsp3) is 0.500. The maximum absolute atomic E-state index is 13.2. The molecule has 1 aromatic carbocycles. The number of hydrogen-bond donors (Lipinski definition) is 1. The molecule has 0 heterocycles. The molecule has 0 atom stereocenters. The van der Waals surface area contributed by atoms with Gasteiger partial charge in [0.05, 0.1) is 11.6 Å². The lowest BCUT2D eigenvalue weighted by molar-refractivity contribution is 0.183. The van der Waals surface area contributed by atoms with Crippen LogP contribution in [0.1, 0.15) is 18.4 Å². The summed E-state index contributed by atoms with van der Waals surface area (Å²) in [6.45, 7) is 1.36. The molecule has 2 nitrogen and oxygen atoms in total. The van der Waals surface area contributed by atoms with E-state index in [-0.39, 0.29) is 17.4 Å². The summed E-state index contributed by atoms with van der Waals surface area (Å²) in [7, 11) is 0. The SMILES string of the molecule is OCCN(Cc1cccc(F)c1Cl)C1CC1. The highest BCUT2D eigenvalue weighted by atomic mass is 35.5. The van der Waals surface area contributed by atoms with Crippen molar-refractivity contribution < 1.29 is 9.50 Å². The monoisotopic (exact) mass is 243 g/mol. The van der Waals surface area contributed by atoms with Crippen molar-refractivity contribution in [2.75, 3.05) is 13.2 Å². The zero-order valence-corrected chi connectivity index (χ0v) is 9.75. The summed E-state index contributed by atoms with van der Waals surface area (Å²) in [6, 6.07) is 5.39. The third kappa shape index (κ3) is 2.73. The molecule has 16 heavy (non-hydrogen) atoms. The van der Waals surface area contributed by atoms with Gasteiger partial charge in [0.15, 0.2) is 0 Å². The van der Waals surface area contributed by atoms with Gasteiger partial charge in [0.2, 0.25) is 0 Å². The van der Waals surface area contributed by atoms with Crippen molar-refractivity contribution in [1.82, 2.24) is 4.90 Å². The molecule has 88 valence electrons. The molecule has 0 bridgehead atoms. The van der Waals surface area contributed by atoms with Crippen LogP contribution in [0.3, 0.4) is 0 Å². The Balaban J connectivity index is 2.08. The summed E-state index contributed by atoms with van der Waals surface area (Å²) in [4.78, 5) is 2.15. The lowest BCUT2D eigenvalue weighted by Gasteiger charge is -2.21. The average Bonchev–Trinajstić information content (AvgIpc) is 3.07. The average molecular weight is 244 g/mol. The van der Waals surface area contributed by atoms with Gasteiger partial charge in [-0.2, -0.15) is 0 Å². The van der Waals surface area contributed by atoms with Crippen molar-refractivity contribution in [1.29, 1.82) is 0 Å². The Morgan fingerprint density at radius 1 is 1.44 bits per heavy atom. The third-order valence-electron chi connectivity index (χ3n) is 2.86. The number of halogens is 2. The number of benzene rings is 1. The van der Waals surface area contributed by atoms with Gasteiger partial charge in [-0.15, -0.1) is 0 Å². The van der Waals surface area contributed by atoms with Gasteiger partial charge in [0.1, 0.15) is 5.82 Å². The Bertz CT molecular complexity index is 368. The largest absolute Gasteiger partial charge is 0.395 e. The van der Waals surface area contributed by atoms with Crippen LogP contribution < -0.4 is 0 Å². The Kier molecular flexibility index (Phi) is 3.79. The summed E-state index contributed by atoms with van der Waals surface area (Å²) in [5.74, 6) is -0.376. The van der Waals surface area contributed by atoms with E-state index in [9.17, 15) is 4.39 Å². The van der Waals surface area contributed by atoms with Crippen LogP contribution in [-0.2, 0) is 6.54 Å². The first-order valence-electron chi connectivity index (χ1n) is 5.50. The van der Waals surface area contributed by atoms with Crippen LogP contribution in [0.2, 0.25) is 5.02 Å². The Hall–Kier alpha value is -0.640. The first-order valence-corrected chi connectivity index (χ1v) is 5.88. The lowest BCUT2D eigenvalue weighted by Crippen LogP contribution is -2.28. The smallest absolute Gasteiger partial charge is 0.142 e. The molecule has 1 N–H and O–H groups in total. The van der Waals surface area contributed by atoms with E-state index in [0.29, 0.717) is 19.1 Å². The molecule has 1 saturated carbocycles. The highest BCUT2D eigenvalue weighted by Gasteiger charge is 2.28. The fourth-order valence-corrected chi connectivity index (χ4v) is 2.03. The van der Waals surface area contributed by atoms with Crippen molar-refractivity contribution in [3.8, 4) is 0 Å². The van der Waals surface area contributed by atoms with Crippen LogP contribution in [0.15, 0.2) is 18.2 Å². The van der Waals surface area contributed by atoms with Gasteiger partial charge in [0.25, 0.3) is 0 Å². The topological polar surface area (TPSA) is 23.5 Å². The van der Waals surface area contributed by atoms with E-state index >= 15 is 0 Å². The van der Waals surface area contributed by atoms with Crippen molar-refractivity contribution in [2.45, 2.75) is 25.4 Å². The van der Waals surface area contributed by atoms with Gasteiger partial charge in [-0.25, -0.2) is 4.39 Å². The minimum absolute atomic E-state index is 0.128. The molecule has 0 radical (unpaired) electrons. The summed E-state index contributed by atoms with van der Waals surface area (Å²) in [5, 5.41) is 9.17. The van der Waals surface area contributed by atoms with E-state index in [2.05, 4.69) is 4.90 Å².